The highest BCUT2D eigenvalue weighted by Gasteiger charge is 2.21. The van der Waals surface area contributed by atoms with Crippen molar-refractivity contribution in [3.63, 3.8) is 0 Å². The molecule has 0 saturated carbocycles. The standard InChI is InChI=1S/C14H22F2N4/c1-3-5-17-13-11(15)10-12(16)14(18-13)20-8-6-19(4-2)7-9-20/h10H,3-9H2,1-2H3,(H,17,18). The molecule has 1 aliphatic rings. The van der Waals surface area contributed by atoms with E-state index < -0.39 is 11.6 Å². The van der Waals surface area contributed by atoms with Crippen LogP contribution < -0.4 is 10.2 Å². The van der Waals surface area contributed by atoms with Crippen LogP contribution in [0.15, 0.2) is 6.07 Å². The molecule has 0 spiro atoms. The fraction of sp³-hybridized carbons (Fsp3) is 0.643. The molecule has 112 valence electrons. The lowest BCUT2D eigenvalue weighted by Crippen LogP contribution is -2.46. The van der Waals surface area contributed by atoms with Gasteiger partial charge in [-0.25, -0.2) is 13.8 Å². The van der Waals surface area contributed by atoms with Gasteiger partial charge in [0.25, 0.3) is 0 Å². The molecule has 0 aliphatic carbocycles. The summed E-state index contributed by atoms with van der Waals surface area (Å²) in [4.78, 5) is 8.32. The van der Waals surface area contributed by atoms with Gasteiger partial charge in [-0.05, 0) is 13.0 Å². The van der Waals surface area contributed by atoms with Crippen molar-refractivity contribution in [2.75, 3.05) is 49.5 Å². The highest BCUT2D eigenvalue weighted by atomic mass is 19.1. The van der Waals surface area contributed by atoms with Crippen molar-refractivity contribution < 1.29 is 8.78 Å². The number of anilines is 2. The number of nitrogens with one attached hydrogen (secondary N) is 1. The van der Waals surface area contributed by atoms with E-state index in [0.29, 0.717) is 6.54 Å². The fourth-order valence-electron chi connectivity index (χ4n) is 2.32. The average Bonchev–Trinajstić information content (AvgIpc) is 2.47. The Bertz CT molecular complexity index is 445. The molecule has 1 aromatic rings. The van der Waals surface area contributed by atoms with Gasteiger partial charge in [0, 0.05) is 38.8 Å². The van der Waals surface area contributed by atoms with Crippen LogP contribution in [0.1, 0.15) is 20.3 Å². The first-order valence-corrected chi connectivity index (χ1v) is 7.23. The minimum absolute atomic E-state index is 0.140. The summed E-state index contributed by atoms with van der Waals surface area (Å²) in [7, 11) is 0. The monoisotopic (exact) mass is 284 g/mol. The Morgan fingerprint density at radius 3 is 2.45 bits per heavy atom. The van der Waals surface area contributed by atoms with Crippen molar-refractivity contribution in [2.24, 2.45) is 0 Å². The van der Waals surface area contributed by atoms with Gasteiger partial charge in [-0.2, -0.15) is 0 Å². The first-order valence-electron chi connectivity index (χ1n) is 7.23. The van der Waals surface area contributed by atoms with Crippen LogP contribution in [0.25, 0.3) is 0 Å². The van der Waals surface area contributed by atoms with Gasteiger partial charge in [0.2, 0.25) is 0 Å². The van der Waals surface area contributed by atoms with Crippen LogP contribution in [0.4, 0.5) is 20.4 Å². The molecule has 0 aromatic carbocycles. The van der Waals surface area contributed by atoms with E-state index in [-0.39, 0.29) is 11.6 Å². The number of nitrogens with zero attached hydrogens (tertiary/aromatic N) is 3. The molecular weight excluding hydrogens is 262 g/mol. The Kier molecular flexibility index (Phi) is 5.11. The topological polar surface area (TPSA) is 31.4 Å². The molecule has 1 aliphatic heterocycles. The zero-order valence-corrected chi connectivity index (χ0v) is 12.1. The molecule has 1 saturated heterocycles. The van der Waals surface area contributed by atoms with Gasteiger partial charge in [0.15, 0.2) is 23.3 Å². The molecule has 0 unspecified atom stereocenters. The fourth-order valence-corrected chi connectivity index (χ4v) is 2.32. The van der Waals surface area contributed by atoms with Crippen molar-refractivity contribution in [1.29, 1.82) is 0 Å². The Balaban J connectivity index is 2.14. The maximum atomic E-state index is 13.9. The van der Waals surface area contributed by atoms with Gasteiger partial charge >= 0.3 is 0 Å². The Morgan fingerprint density at radius 1 is 1.15 bits per heavy atom. The number of halogens is 2. The molecule has 0 radical (unpaired) electrons. The number of aromatic nitrogens is 1. The Hall–Kier alpha value is -1.43. The lowest BCUT2D eigenvalue weighted by Gasteiger charge is -2.35. The summed E-state index contributed by atoms with van der Waals surface area (Å²) in [6, 6.07) is 0.923. The molecule has 0 atom stereocenters. The van der Waals surface area contributed by atoms with E-state index in [1.54, 1.807) is 0 Å². The molecule has 2 heterocycles. The van der Waals surface area contributed by atoms with Gasteiger partial charge in [-0.1, -0.05) is 13.8 Å². The largest absolute Gasteiger partial charge is 0.368 e. The van der Waals surface area contributed by atoms with Crippen molar-refractivity contribution >= 4 is 11.6 Å². The van der Waals surface area contributed by atoms with Crippen LogP contribution in [0.2, 0.25) is 0 Å². The van der Waals surface area contributed by atoms with Gasteiger partial charge in [0.1, 0.15) is 0 Å². The molecule has 1 fully saturated rings. The maximum Gasteiger partial charge on any atom is 0.168 e. The van der Waals surface area contributed by atoms with Gasteiger partial charge in [0.05, 0.1) is 0 Å². The summed E-state index contributed by atoms with van der Waals surface area (Å²) >= 11 is 0. The number of piperazine rings is 1. The predicted molar refractivity (Wildman–Crippen MR) is 77.3 cm³/mol. The molecular formula is C14H22F2N4. The molecule has 1 aromatic heterocycles. The lowest BCUT2D eigenvalue weighted by atomic mass is 10.3. The number of rotatable bonds is 5. The first-order chi connectivity index (χ1) is 9.65. The molecule has 4 nitrogen and oxygen atoms in total. The summed E-state index contributed by atoms with van der Waals surface area (Å²) in [5.74, 6) is -0.830. The lowest BCUT2D eigenvalue weighted by molar-refractivity contribution is 0.269. The molecule has 0 bridgehead atoms. The molecule has 0 amide bonds. The van der Waals surface area contributed by atoms with E-state index in [1.807, 2.05) is 11.8 Å². The summed E-state index contributed by atoms with van der Waals surface area (Å²) in [6.45, 7) is 8.92. The third-order valence-corrected chi connectivity index (χ3v) is 3.57. The highest BCUT2D eigenvalue weighted by molar-refractivity contribution is 5.49. The van der Waals surface area contributed by atoms with Crippen LogP contribution >= 0.6 is 0 Å². The summed E-state index contributed by atoms with van der Waals surface area (Å²) < 4.78 is 27.6. The second-order valence-corrected chi connectivity index (χ2v) is 4.97. The highest BCUT2D eigenvalue weighted by Crippen LogP contribution is 2.23. The SMILES string of the molecule is CCCNc1nc(N2CCN(CC)CC2)c(F)cc1F. The minimum atomic E-state index is -0.633. The smallest absolute Gasteiger partial charge is 0.168 e. The molecule has 2 rings (SSSR count). The van der Waals surface area contributed by atoms with Crippen LogP contribution in [-0.2, 0) is 0 Å². The number of hydrogen-bond donors (Lipinski definition) is 1. The maximum absolute atomic E-state index is 13.9. The quantitative estimate of drug-likeness (QED) is 0.899. The number of likely N-dealkylation sites (N-methyl/N-ethyl adjacent to an activating group) is 1. The second kappa shape index (κ2) is 6.83. The van der Waals surface area contributed by atoms with E-state index in [4.69, 9.17) is 0 Å². The summed E-state index contributed by atoms with van der Waals surface area (Å²) in [6.07, 6.45) is 0.864. The zero-order valence-electron chi connectivity index (χ0n) is 12.1. The van der Waals surface area contributed by atoms with E-state index >= 15 is 0 Å². The third-order valence-electron chi connectivity index (χ3n) is 3.57. The van der Waals surface area contributed by atoms with Crippen molar-refractivity contribution in [1.82, 2.24) is 9.88 Å². The molecule has 6 heteroatoms. The zero-order chi connectivity index (χ0) is 14.5. The van der Waals surface area contributed by atoms with E-state index in [1.165, 1.54) is 0 Å². The Labute approximate surface area is 118 Å². The average molecular weight is 284 g/mol. The van der Waals surface area contributed by atoms with Gasteiger partial charge < -0.3 is 15.1 Å². The molecule has 1 N–H and O–H groups in total. The first kappa shape index (κ1) is 15.0. The molecule has 20 heavy (non-hydrogen) atoms. The van der Waals surface area contributed by atoms with E-state index in [2.05, 4.69) is 22.1 Å². The predicted octanol–water partition coefficient (Wildman–Crippen LogP) is 2.32. The van der Waals surface area contributed by atoms with Gasteiger partial charge in [-0.15, -0.1) is 0 Å². The Morgan fingerprint density at radius 2 is 1.85 bits per heavy atom. The normalized spacial score (nSPS) is 16.5. The van der Waals surface area contributed by atoms with Crippen molar-refractivity contribution in [2.45, 2.75) is 20.3 Å². The number of hydrogen-bond acceptors (Lipinski definition) is 4. The van der Waals surface area contributed by atoms with Crippen LogP contribution in [0.3, 0.4) is 0 Å². The summed E-state index contributed by atoms with van der Waals surface area (Å²) in [5, 5.41) is 2.90. The van der Waals surface area contributed by atoms with Gasteiger partial charge in [-0.3, -0.25) is 0 Å². The van der Waals surface area contributed by atoms with Crippen LogP contribution in [0.5, 0.6) is 0 Å². The minimum Gasteiger partial charge on any atom is -0.368 e. The third kappa shape index (κ3) is 3.36. The van der Waals surface area contributed by atoms with Crippen LogP contribution in [0, 0.1) is 11.6 Å². The van der Waals surface area contributed by atoms with Crippen molar-refractivity contribution in [3.8, 4) is 0 Å². The second-order valence-electron chi connectivity index (χ2n) is 4.97. The van der Waals surface area contributed by atoms with E-state index in [9.17, 15) is 8.78 Å². The van der Waals surface area contributed by atoms with Crippen LogP contribution in [-0.4, -0.2) is 49.2 Å². The van der Waals surface area contributed by atoms with E-state index in [0.717, 1.165) is 45.2 Å². The van der Waals surface area contributed by atoms with Crippen molar-refractivity contribution in [3.05, 3.63) is 17.7 Å². The summed E-state index contributed by atoms with van der Waals surface area (Å²) in [5.41, 5.74) is 0. The number of pyridine rings is 1.